The fraction of sp³-hybridized carbons (Fsp3) is 0.368. The zero-order valence-corrected chi connectivity index (χ0v) is 13.0. The van der Waals surface area contributed by atoms with Gasteiger partial charge >= 0.3 is 0 Å². The number of rotatable bonds is 6. The number of hydrogen-bond acceptors (Lipinski definition) is 1. The van der Waals surface area contributed by atoms with Crippen LogP contribution in [0.3, 0.4) is 0 Å². The second-order valence-electron chi connectivity index (χ2n) is 5.55. The predicted octanol–water partition coefficient (Wildman–Crippen LogP) is 6.57. The van der Waals surface area contributed by atoms with Crippen molar-refractivity contribution in [2.24, 2.45) is 0 Å². The molecule has 1 aromatic heterocycles. The highest BCUT2D eigenvalue weighted by atomic mass is 32.1. The molecule has 0 amide bonds. The molecule has 0 aliphatic carbocycles. The molecule has 0 nitrogen and oxygen atoms in total. The smallest absolute Gasteiger partial charge is 0.0358 e. The van der Waals surface area contributed by atoms with Gasteiger partial charge in [-0.25, -0.2) is 0 Å². The van der Waals surface area contributed by atoms with Crippen molar-refractivity contribution in [2.75, 3.05) is 0 Å². The van der Waals surface area contributed by atoms with Crippen LogP contribution in [-0.4, -0.2) is 0 Å². The summed E-state index contributed by atoms with van der Waals surface area (Å²) in [5.74, 6) is 0. The third-order valence-corrected chi connectivity index (χ3v) is 5.17. The van der Waals surface area contributed by atoms with E-state index in [1.807, 2.05) is 11.3 Å². The molecule has 3 aromatic rings. The summed E-state index contributed by atoms with van der Waals surface area (Å²) in [6.07, 6.45) is 8.00. The molecule has 0 saturated carbocycles. The van der Waals surface area contributed by atoms with Gasteiger partial charge in [0.05, 0.1) is 0 Å². The van der Waals surface area contributed by atoms with Gasteiger partial charge in [0, 0.05) is 20.2 Å². The fourth-order valence-electron chi connectivity index (χ4n) is 2.98. The van der Waals surface area contributed by atoms with Crippen LogP contribution in [0.2, 0.25) is 0 Å². The maximum absolute atomic E-state index is 2.32. The Morgan fingerprint density at radius 1 is 0.800 bits per heavy atom. The van der Waals surface area contributed by atoms with Gasteiger partial charge in [0.1, 0.15) is 0 Å². The van der Waals surface area contributed by atoms with E-state index < -0.39 is 0 Å². The van der Waals surface area contributed by atoms with Crippen LogP contribution in [0.15, 0.2) is 42.5 Å². The highest BCUT2D eigenvalue weighted by Crippen LogP contribution is 2.36. The minimum Gasteiger partial charge on any atom is -0.135 e. The summed E-state index contributed by atoms with van der Waals surface area (Å²) in [5, 5.41) is 2.94. The molecule has 0 spiro atoms. The first kappa shape index (κ1) is 13.6. The van der Waals surface area contributed by atoms with Gasteiger partial charge in [0.15, 0.2) is 0 Å². The molecular formula is C19H22S. The third kappa shape index (κ3) is 2.73. The standard InChI is InChI=1S/C19H22S/c1-2-3-4-5-6-10-15-11-9-14-18-19(15)16-12-7-8-13-17(16)20-18/h7-9,11-14H,2-6,10H2,1H3. The van der Waals surface area contributed by atoms with Crippen molar-refractivity contribution in [3.8, 4) is 0 Å². The monoisotopic (exact) mass is 282 g/mol. The van der Waals surface area contributed by atoms with Crippen LogP contribution < -0.4 is 0 Å². The zero-order chi connectivity index (χ0) is 13.8. The number of fused-ring (bicyclic) bond motifs is 3. The molecule has 0 atom stereocenters. The summed E-state index contributed by atoms with van der Waals surface area (Å²) < 4.78 is 2.86. The molecule has 1 heteroatoms. The largest absolute Gasteiger partial charge is 0.135 e. The van der Waals surface area contributed by atoms with Crippen LogP contribution in [0.4, 0.5) is 0 Å². The first-order valence-electron chi connectivity index (χ1n) is 7.79. The van der Waals surface area contributed by atoms with Gasteiger partial charge in [-0.3, -0.25) is 0 Å². The second kappa shape index (κ2) is 6.41. The molecule has 0 aliphatic heterocycles. The normalized spacial score (nSPS) is 11.4. The number of hydrogen-bond donors (Lipinski definition) is 0. The van der Waals surface area contributed by atoms with E-state index in [9.17, 15) is 0 Å². The molecule has 0 radical (unpaired) electrons. The van der Waals surface area contributed by atoms with E-state index in [4.69, 9.17) is 0 Å². The lowest BCUT2D eigenvalue weighted by atomic mass is 10.0. The molecular weight excluding hydrogens is 260 g/mol. The van der Waals surface area contributed by atoms with Crippen LogP contribution in [0.5, 0.6) is 0 Å². The summed E-state index contributed by atoms with van der Waals surface area (Å²) in [4.78, 5) is 0. The lowest BCUT2D eigenvalue weighted by Crippen LogP contribution is -1.87. The average molecular weight is 282 g/mol. The highest BCUT2D eigenvalue weighted by molar-refractivity contribution is 7.25. The molecule has 0 bridgehead atoms. The Kier molecular flexibility index (Phi) is 4.37. The number of thiophene rings is 1. The van der Waals surface area contributed by atoms with E-state index in [2.05, 4.69) is 49.4 Å². The summed E-state index contributed by atoms with van der Waals surface area (Å²) in [6, 6.07) is 15.6. The van der Waals surface area contributed by atoms with Crippen molar-refractivity contribution in [3.05, 3.63) is 48.0 Å². The van der Waals surface area contributed by atoms with Crippen LogP contribution in [0, 0.1) is 0 Å². The maximum atomic E-state index is 2.32. The van der Waals surface area contributed by atoms with E-state index in [-0.39, 0.29) is 0 Å². The predicted molar refractivity (Wildman–Crippen MR) is 91.8 cm³/mol. The van der Waals surface area contributed by atoms with E-state index >= 15 is 0 Å². The second-order valence-corrected chi connectivity index (χ2v) is 6.64. The lowest BCUT2D eigenvalue weighted by Gasteiger charge is -2.04. The van der Waals surface area contributed by atoms with E-state index in [1.54, 1.807) is 0 Å². The number of unbranched alkanes of at least 4 members (excludes halogenated alkanes) is 4. The quantitative estimate of drug-likeness (QED) is 0.449. The highest BCUT2D eigenvalue weighted by Gasteiger charge is 2.08. The summed E-state index contributed by atoms with van der Waals surface area (Å²) in [7, 11) is 0. The summed E-state index contributed by atoms with van der Waals surface area (Å²) >= 11 is 1.92. The third-order valence-electron chi connectivity index (χ3n) is 4.04. The van der Waals surface area contributed by atoms with Crippen LogP contribution >= 0.6 is 11.3 Å². The Hall–Kier alpha value is -1.34. The van der Waals surface area contributed by atoms with Gasteiger partial charge in [-0.2, -0.15) is 0 Å². The van der Waals surface area contributed by atoms with Gasteiger partial charge in [-0.15, -0.1) is 11.3 Å². The number of aryl methyl sites for hydroxylation is 1. The minimum atomic E-state index is 1.22. The van der Waals surface area contributed by atoms with Crippen molar-refractivity contribution in [2.45, 2.75) is 45.4 Å². The lowest BCUT2D eigenvalue weighted by molar-refractivity contribution is 0.633. The molecule has 0 aliphatic rings. The van der Waals surface area contributed by atoms with Gasteiger partial charge < -0.3 is 0 Å². The minimum absolute atomic E-state index is 1.22. The Balaban J connectivity index is 1.86. The molecule has 2 aromatic carbocycles. The van der Waals surface area contributed by atoms with Crippen molar-refractivity contribution >= 4 is 31.5 Å². The van der Waals surface area contributed by atoms with Crippen molar-refractivity contribution < 1.29 is 0 Å². The van der Waals surface area contributed by atoms with E-state index in [0.29, 0.717) is 0 Å². The van der Waals surface area contributed by atoms with Crippen LogP contribution in [0.1, 0.15) is 44.6 Å². The molecule has 0 fully saturated rings. The number of benzene rings is 2. The molecule has 1 heterocycles. The molecule has 20 heavy (non-hydrogen) atoms. The first-order chi connectivity index (χ1) is 9.90. The van der Waals surface area contributed by atoms with E-state index in [0.717, 1.165) is 0 Å². The maximum Gasteiger partial charge on any atom is 0.0358 e. The van der Waals surface area contributed by atoms with Crippen molar-refractivity contribution in [3.63, 3.8) is 0 Å². The molecule has 0 N–H and O–H groups in total. The van der Waals surface area contributed by atoms with Crippen LogP contribution in [-0.2, 0) is 6.42 Å². The van der Waals surface area contributed by atoms with Gasteiger partial charge in [-0.05, 0) is 30.5 Å². The molecule has 3 rings (SSSR count). The van der Waals surface area contributed by atoms with Crippen molar-refractivity contribution in [1.82, 2.24) is 0 Å². The first-order valence-corrected chi connectivity index (χ1v) is 8.61. The average Bonchev–Trinajstić information content (AvgIpc) is 2.86. The van der Waals surface area contributed by atoms with Crippen molar-refractivity contribution in [1.29, 1.82) is 0 Å². The Bertz CT molecular complexity index is 693. The van der Waals surface area contributed by atoms with Crippen LogP contribution in [0.25, 0.3) is 20.2 Å². The molecule has 0 saturated heterocycles. The van der Waals surface area contributed by atoms with Gasteiger partial charge in [0.25, 0.3) is 0 Å². The zero-order valence-electron chi connectivity index (χ0n) is 12.2. The van der Waals surface area contributed by atoms with E-state index in [1.165, 1.54) is 64.3 Å². The topological polar surface area (TPSA) is 0 Å². The Labute approximate surface area is 125 Å². The van der Waals surface area contributed by atoms with Gasteiger partial charge in [-0.1, -0.05) is 62.9 Å². The fourth-order valence-corrected chi connectivity index (χ4v) is 4.13. The van der Waals surface area contributed by atoms with Gasteiger partial charge in [0.2, 0.25) is 0 Å². The summed E-state index contributed by atoms with van der Waals surface area (Å²) in [5.41, 5.74) is 1.54. The molecule has 0 unspecified atom stereocenters. The Morgan fingerprint density at radius 3 is 2.50 bits per heavy atom. The summed E-state index contributed by atoms with van der Waals surface area (Å²) in [6.45, 7) is 2.28. The Morgan fingerprint density at radius 2 is 1.60 bits per heavy atom. The molecule has 104 valence electrons. The SMILES string of the molecule is CCCCCCCc1cccc2sc3ccccc3c12.